The van der Waals surface area contributed by atoms with Crippen LogP contribution >= 0.6 is 0 Å². The highest BCUT2D eigenvalue weighted by molar-refractivity contribution is 5.51. The molecule has 3 aromatic rings. The minimum atomic E-state index is -0.0199. The molecule has 1 atom stereocenters. The maximum atomic E-state index is 10.4. The first kappa shape index (κ1) is 13.9. The van der Waals surface area contributed by atoms with Crippen molar-refractivity contribution in [2.24, 2.45) is 0 Å². The molecule has 4 heteroatoms. The quantitative estimate of drug-likeness (QED) is 0.763. The number of ether oxygens (including phenoxy) is 1. The molecule has 3 N–H and O–H groups in total. The molecule has 1 aromatic heterocycles. The van der Waals surface area contributed by atoms with E-state index in [0.717, 1.165) is 17.8 Å². The molecule has 0 amide bonds. The lowest BCUT2D eigenvalue weighted by Gasteiger charge is -2.18. The minimum Gasteiger partial charge on any atom is -0.507 e. The number of aromatic nitrogens is 1. The Kier molecular flexibility index (Phi) is 3.32. The lowest BCUT2D eigenvalue weighted by molar-refractivity contribution is -0.702. The van der Waals surface area contributed by atoms with Crippen LogP contribution in [0, 0.1) is 0 Å². The standard InChI is InChI=1S/C19H18N2O2/c1-23-17-10-4-9-16(22)18(17)19-15-8-5-11-21(15)14-7-3-2-6-13(14)12-20-19/h2-11,19-20,22H,12H2,1H3/p+1/t19-/m0/s1. The average Bonchev–Trinajstić information content (AvgIpc) is 3.00. The molecule has 0 saturated heterocycles. The molecule has 0 bridgehead atoms. The maximum Gasteiger partial charge on any atom is 0.160 e. The molecule has 0 unspecified atom stereocenters. The van der Waals surface area contributed by atoms with Gasteiger partial charge in [0.05, 0.1) is 24.1 Å². The zero-order valence-corrected chi connectivity index (χ0v) is 12.9. The Hall–Kier alpha value is -2.72. The van der Waals surface area contributed by atoms with Crippen LogP contribution in [0.3, 0.4) is 0 Å². The zero-order valence-electron chi connectivity index (χ0n) is 12.9. The number of para-hydroxylation sites is 1. The molecular formula is C19H19N2O2+. The largest absolute Gasteiger partial charge is 0.507 e. The van der Waals surface area contributed by atoms with Crippen molar-refractivity contribution in [2.75, 3.05) is 7.11 Å². The van der Waals surface area contributed by atoms with Crippen LogP contribution in [-0.2, 0) is 6.54 Å². The van der Waals surface area contributed by atoms with Crippen molar-refractivity contribution in [2.45, 2.75) is 12.6 Å². The molecule has 0 aliphatic carbocycles. The summed E-state index contributed by atoms with van der Waals surface area (Å²) >= 11 is 0. The van der Waals surface area contributed by atoms with Crippen LogP contribution in [0.2, 0.25) is 0 Å². The van der Waals surface area contributed by atoms with Gasteiger partial charge in [0.15, 0.2) is 6.04 Å². The first-order valence-electron chi connectivity index (χ1n) is 7.74. The van der Waals surface area contributed by atoms with Crippen LogP contribution in [0.5, 0.6) is 11.5 Å². The molecule has 1 aliphatic heterocycles. The van der Waals surface area contributed by atoms with Gasteiger partial charge in [-0.05, 0) is 30.3 Å². The Morgan fingerprint density at radius 1 is 1.09 bits per heavy atom. The van der Waals surface area contributed by atoms with E-state index in [4.69, 9.17) is 4.74 Å². The summed E-state index contributed by atoms with van der Waals surface area (Å²) < 4.78 is 7.70. The molecule has 0 fully saturated rings. The number of benzene rings is 2. The van der Waals surface area contributed by atoms with Gasteiger partial charge in [-0.3, -0.25) is 0 Å². The molecular weight excluding hydrogens is 288 g/mol. The SMILES string of the molecule is COc1cccc(O)c1[C@H]1[NH2+]Cc2ccccc2-n2cccc21. The summed E-state index contributed by atoms with van der Waals surface area (Å²) in [7, 11) is 1.64. The number of methoxy groups -OCH3 is 1. The van der Waals surface area contributed by atoms with E-state index in [1.165, 1.54) is 11.3 Å². The van der Waals surface area contributed by atoms with Crippen LogP contribution in [0.15, 0.2) is 60.8 Å². The van der Waals surface area contributed by atoms with Gasteiger partial charge in [0, 0.05) is 11.8 Å². The van der Waals surface area contributed by atoms with Gasteiger partial charge in [0.1, 0.15) is 18.0 Å². The molecule has 0 saturated carbocycles. The minimum absolute atomic E-state index is 0.0199. The van der Waals surface area contributed by atoms with Crippen molar-refractivity contribution in [1.82, 2.24) is 4.57 Å². The number of hydrogen-bond donors (Lipinski definition) is 2. The van der Waals surface area contributed by atoms with Gasteiger partial charge in [-0.25, -0.2) is 0 Å². The van der Waals surface area contributed by atoms with Crippen LogP contribution in [0.4, 0.5) is 0 Å². The highest BCUT2D eigenvalue weighted by Crippen LogP contribution is 2.36. The Balaban J connectivity index is 1.91. The highest BCUT2D eigenvalue weighted by atomic mass is 16.5. The average molecular weight is 307 g/mol. The van der Waals surface area contributed by atoms with Crippen molar-refractivity contribution >= 4 is 0 Å². The van der Waals surface area contributed by atoms with Crippen molar-refractivity contribution in [3.63, 3.8) is 0 Å². The van der Waals surface area contributed by atoms with Gasteiger partial charge in [-0.1, -0.05) is 24.3 Å². The zero-order chi connectivity index (χ0) is 15.8. The molecule has 4 rings (SSSR count). The first-order chi connectivity index (χ1) is 11.3. The third-order valence-electron chi connectivity index (χ3n) is 4.50. The van der Waals surface area contributed by atoms with Crippen LogP contribution in [-0.4, -0.2) is 16.8 Å². The Morgan fingerprint density at radius 3 is 2.83 bits per heavy atom. The van der Waals surface area contributed by atoms with Gasteiger partial charge in [0.25, 0.3) is 0 Å². The van der Waals surface area contributed by atoms with Gasteiger partial charge >= 0.3 is 0 Å². The van der Waals surface area contributed by atoms with Gasteiger partial charge in [-0.2, -0.15) is 0 Å². The summed E-state index contributed by atoms with van der Waals surface area (Å²) in [6.45, 7) is 0.847. The summed E-state index contributed by atoms with van der Waals surface area (Å²) in [5.41, 5.74) is 4.43. The number of aromatic hydroxyl groups is 1. The number of rotatable bonds is 2. The van der Waals surface area contributed by atoms with E-state index in [9.17, 15) is 5.11 Å². The maximum absolute atomic E-state index is 10.4. The summed E-state index contributed by atoms with van der Waals surface area (Å²) in [6.07, 6.45) is 2.08. The second-order valence-electron chi connectivity index (χ2n) is 5.74. The van der Waals surface area contributed by atoms with Crippen LogP contribution in [0.1, 0.15) is 22.9 Å². The van der Waals surface area contributed by atoms with E-state index in [1.54, 1.807) is 13.2 Å². The van der Waals surface area contributed by atoms with Crippen molar-refractivity contribution in [3.8, 4) is 17.2 Å². The van der Waals surface area contributed by atoms with Crippen LogP contribution < -0.4 is 10.1 Å². The predicted molar refractivity (Wildman–Crippen MR) is 87.9 cm³/mol. The molecule has 2 heterocycles. The fourth-order valence-electron chi connectivity index (χ4n) is 3.44. The van der Waals surface area contributed by atoms with Crippen LogP contribution in [0.25, 0.3) is 5.69 Å². The second-order valence-corrected chi connectivity index (χ2v) is 5.74. The smallest absolute Gasteiger partial charge is 0.160 e. The number of phenols is 1. The monoisotopic (exact) mass is 307 g/mol. The second kappa shape index (κ2) is 5.48. The van der Waals surface area contributed by atoms with E-state index < -0.39 is 0 Å². The number of hydrogen-bond acceptors (Lipinski definition) is 2. The van der Waals surface area contributed by atoms with Crippen molar-refractivity contribution in [1.29, 1.82) is 0 Å². The predicted octanol–water partition coefficient (Wildman–Crippen LogP) is 2.36. The fourth-order valence-corrected chi connectivity index (χ4v) is 3.44. The summed E-state index contributed by atoms with van der Waals surface area (Å²) in [5, 5.41) is 12.7. The Labute approximate surface area is 135 Å². The number of fused-ring (bicyclic) bond motifs is 3. The Bertz CT molecular complexity index is 854. The summed E-state index contributed by atoms with van der Waals surface area (Å²) in [4.78, 5) is 0. The highest BCUT2D eigenvalue weighted by Gasteiger charge is 2.30. The number of nitrogens with two attached hydrogens (primary N) is 1. The summed E-state index contributed by atoms with van der Waals surface area (Å²) in [5.74, 6) is 0.981. The number of nitrogens with zero attached hydrogens (tertiary/aromatic N) is 1. The third-order valence-corrected chi connectivity index (χ3v) is 4.50. The van der Waals surface area contributed by atoms with E-state index in [1.807, 2.05) is 18.2 Å². The van der Waals surface area contributed by atoms with Gasteiger partial charge < -0.3 is 19.7 Å². The normalized spacial score (nSPS) is 16.3. The molecule has 0 radical (unpaired) electrons. The van der Waals surface area contributed by atoms with Crippen molar-refractivity contribution < 1.29 is 15.2 Å². The van der Waals surface area contributed by atoms with Crippen molar-refractivity contribution in [3.05, 3.63) is 77.6 Å². The lowest BCUT2D eigenvalue weighted by atomic mass is 10.0. The first-order valence-corrected chi connectivity index (χ1v) is 7.74. The van der Waals surface area contributed by atoms with E-state index in [2.05, 4.69) is 46.4 Å². The molecule has 4 nitrogen and oxygen atoms in total. The number of quaternary nitrogens is 1. The van der Waals surface area contributed by atoms with E-state index in [-0.39, 0.29) is 11.8 Å². The van der Waals surface area contributed by atoms with E-state index >= 15 is 0 Å². The van der Waals surface area contributed by atoms with Gasteiger partial charge in [-0.15, -0.1) is 0 Å². The van der Waals surface area contributed by atoms with Gasteiger partial charge in [0.2, 0.25) is 0 Å². The summed E-state index contributed by atoms with van der Waals surface area (Å²) in [6, 6.07) is 18.0. The molecule has 0 spiro atoms. The third kappa shape index (κ3) is 2.19. The molecule has 116 valence electrons. The molecule has 2 aromatic carbocycles. The number of phenolic OH excluding ortho intramolecular Hbond substituents is 1. The van der Waals surface area contributed by atoms with E-state index in [0.29, 0.717) is 5.75 Å². The topological polar surface area (TPSA) is 51.0 Å². The Morgan fingerprint density at radius 2 is 1.96 bits per heavy atom. The lowest BCUT2D eigenvalue weighted by Crippen LogP contribution is -2.83. The molecule has 23 heavy (non-hydrogen) atoms. The molecule has 1 aliphatic rings. The fraction of sp³-hybridized carbons (Fsp3) is 0.158.